The lowest BCUT2D eigenvalue weighted by Crippen LogP contribution is -2.41. The Labute approximate surface area is 84.6 Å². The van der Waals surface area contributed by atoms with Gasteiger partial charge in [-0.1, -0.05) is 20.3 Å². The predicted octanol–water partition coefficient (Wildman–Crippen LogP) is 0.569. The van der Waals surface area contributed by atoms with Crippen molar-refractivity contribution >= 4 is 16.0 Å². The number of sulfonamides is 1. The van der Waals surface area contributed by atoms with Crippen LogP contribution in [0.4, 0.5) is 0 Å². The molecule has 0 bridgehead atoms. The van der Waals surface area contributed by atoms with E-state index in [1.807, 2.05) is 6.92 Å². The number of unbranched alkanes of at least 4 members (excludes halogenated alkanes) is 1. The van der Waals surface area contributed by atoms with E-state index in [1.54, 1.807) is 6.92 Å². The molecule has 0 fully saturated rings. The predicted molar refractivity (Wildman–Crippen MR) is 53.5 cm³/mol. The molecule has 0 aliphatic heterocycles. The molecule has 0 amide bonds. The van der Waals surface area contributed by atoms with Gasteiger partial charge in [-0.3, -0.25) is 4.79 Å². The van der Waals surface area contributed by atoms with Gasteiger partial charge in [-0.2, -0.15) is 0 Å². The number of hydrogen-bond donors (Lipinski definition) is 2. The van der Waals surface area contributed by atoms with Crippen LogP contribution in [0.5, 0.6) is 0 Å². The van der Waals surface area contributed by atoms with Crippen molar-refractivity contribution in [2.75, 3.05) is 5.75 Å². The zero-order chi connectivity index (χ0) is 11.2. The molecule has 0 spiro atoms. The summed E-state index contributed by atoms with van der Waals surface area (Å²) in [6, 6.07) is -1.00. The standard InChI is InChI=1S/C8H17NO4S/c1-3-5-6-14(12,13)9-7(4-2)8(10)11/h7,9H,3-6H2,1-2H3,(H,10,11)/t7-/m0/s1. The van der Waals surface area contributed by atoms with Crippen LogP contribution in [0.3, 0.4) is 0 Å². The maximum Gasteiger partial charge on any atom is 0.321 e. The lowest BCUT2D eigenvalue weighted by atomic mass is 10.2. The molecule has 0 unspecified atom stereocenters. The second-order valence-corrected chi connectivity index (χ2v) is 4.96. The van der Waals surface area contributed by atoms with Crippen molar-refractivity contribution < 1.29 is 18.3 Å². The summed E-state index contributed by atoms with van der Waals surface area (Å²) in [5.74, 6) is -1.14. The van der Waals surface area contributed by atoms with Gasteiger partial charge in [0.05, 0.1) is 5.75 Å². The SMILES string of the molecule is CCCCS(=O)(=O)N[C@@H](CC)C(=O)O. The summed E-state index contributed by atoms with van der Waals surface area (Å²) in [5.41, 5.74) is 0. The van der Waals surface area contributed by atoms with Gasteiger partial charge in [-0.25, -0.2) is 13.1 Å². The maximum atomic E-state index is 11.3. The van der Waals surface area contributed by atoms with Gasteiger partial charge < -0.3 is 5.11 Å². The molecule has 14 heavy (non-hydrogen) atoms. The number of aliphatic carboxylic acids is 1. The molecule has 0 radical (unpaired) electrons. The Morgan fingerprint density at radius 2 is 2.00 bits per heavy atom. The van der Waals surface area contributed by atoms with E-state index in [4.69, 9.17) is 5.11 Å². The van der Waals surface area contributed by atoms with E-state index < -0.39 is 22.0 Å². The van der Waals surface area contributed by atoms with Crippen molar-refractivity contribution in [3.63, 3.8) is 0 Å². The molecule has 0 aromatic heterocycles. The quantitative estimate of drug-likeness (QED) is 0.661. The fourth-order valence-corrected chi connectivity index (χ4v) is 2.41. The number of rotatable bonds is 7. The molecule has 84 valence electrons. The highest BCUT2D eigenvalue weighted by molar-refractivity contribution is 7.89. The van der Waals surface area contributed by atoms with Crippen molar-refractivity contribution in [3.8, 4) is 0 Å². The first kappa shape index (κ1) is 13.4. The van der Waals surface area contributed by atoms with E-state index in [-0.39, 0.29) is 12.2 Å². The maximum absolute atomic E-state index is 11.3. The van der Waals surface area contributed by atoms with Gasteiger partial charge in [0.1, 0.15) is 6.04 Å². The lowest BCUT2D eigenvalue weighted by Gasteiger charge is -2.12. The van der Waals surface area contributed by atoms with Crippen LogP contribution in [-0.4, -0.2) is 31.3 Å². The fourth-order valence-electron chi connectivity index (χ4n) is 0.918. The molecule has 0 aliphatic carbocycles. The van der Waals surface area contributed by atoms with Gasteiger partial charge in [-0.15, -0.1) is 0 Å². The van der Waals surface area contributed by atoms with Gasteiger partial charge in [0.15, 0.2) is 0 Å². The minimum atomic E-state index is -3.43. The Balaban J connectivity index is 4.26. The van der Waals surface area contributed by atoms with Crippen molar-refractivity contribution in [1.29, 1.82) is 0 Å². The molecular weight excluding hydrogens is 206 g/mol. The second kappa shape index (κ2) is 5.98. The molecular formula is C8H17NO4S. The number of nitrogens with one attached hydrogen (secondary N) is 1. The third-order valence-electron chi connectivity index (χ3n) is 1.79. The molecule has 6 heteroatoms. The van der Waals surface area contributed by atoms with Crippen LogP contribution in [0.2, 0.25) is 0 Å². The van der Waals surface area contributed by atoms with Crippen molar-refractivity contribution in [3.05, 3.63) is 0 Å². The first-order valence-corrected chi connectivity index (χ1v) is 6.31. The molecule has 0 saturated heterocycles. The Morgan fingerprint density at radius 1 is 1.43 bits per heavy atom. The highest BCUT2D eigenvalue weighted by Gasteiger charge is 2.21. The van der Waals surface area contributed by atoms with Crippen LogP contribution in [0, 0.1) is 0 Å². The molecule has 0 rings (SSSR count). The number of carboxylic acids is 1. The summed E-state index contributed by atoms with van der Waals surface area (Å²) in [5, 5.41) is 8.64. The van der Waals surface area contributed by atoms with Crippen LogP contribution in [0.1, 0.15) is 33.1 Å². The number of carboxylic acid groups (broad SMARTS) is 1. The fraction of sp³-hybridized carbons (Fsp3) is 0.875. The smallest absolute Gasteiger partial charge is 0.321 e. The van der Waals surface area contributed by atoms with E-state index in [9.17, 15) is 13.2 Å². The molecule has 0 aliphatic rings. The minimum absolute atomic E-state index is 0.00667. The van der Waals surface area contributed by atoms with Crippen molar-refractivity contribution in [2.45, 2.75) is 39.2 Å². The third-order valence-corrected chi connectivity index (χ3v) is 3.26. The van der Waals surface area contributed by atoms with Gasteiger partial charge in [-0.05, 0) is 12.8 Å². The monoisotopic (exact) mass is 223 g/mol. The van der Waals surface area contributed by atoms with Crippen LogP contribution < -0.4 is 4.72 Å². The van der Waals surface area contributed by atoms with Crippen LogP contribution in [0.25, 0.3) is 0 Å². The van der Waals surface area contributed by atoms with Crippen LogP contribution in [0.15, 0.2) is 0 Å². The van der Waals surface area contributed by atoms with E-state index in [1.165, 1.54) is 0 Å². The third kappa shape index (κ3) is 5.18. The zero-order valence-electron chi connectivity index (χ0n) is 8.49. The summed E-state index contributed by atoms with van der Waals surface area (Å²) >= 11 is 0. The average Bonchev–Trinajstić information content (AvgIpc) is 2.10. The van der Waals surface area contributed by atoms with E-state index >= 15 is 0 Å². The first-order valence-electron chi connectivity index (χ1n) is 4.65. The topological polar surface area (TPSA) is 83.5 Å². The normalized spacial score (nSPS) is 13.9. The van der Waals surface area contributed by atoms with Crippen molar-refractivity contribution in [2.24, 2.45) is 0 Å². The highest BCUT2D eigenvalue weighted by Crippen LogP contribution is 1.98. The minimum Gasteiger partial charge on any atom is -0.480 e. The summed E-state index contributed by atoms with van der Waals surface area (Å²) in [7, 11) is -3.43. The Bertz CT molecular complexity index is 273. The lowest BCUT2D eigenvalue weighted by molar-refractivity contribution is -0.139. The largest absolute Gasteiger partial charge is 0.480 e. The summed E-state index contributed by atoms with van der Waals surface area (Å²) in [6.45, 7) is 3.51. The molecule has 0 aromatic carbocycles. The van der Waals surface area contributed by atoms with Gasteiger partial charge in [0, 0.05) is 0 Å². The molecule has 0 saturated carbocycles. The highest BCUT2D eigenvalue weighted by atomic mass is 32.2. The van der Waals surface area contributed by atoms with Crippen molar-refractivity contribution in [1.82, 2.24) is 4.72 Å². The number of carbonyl (C=O) groups is 1. The van der Waals surface area contributed by atoms with Crippen LogP contribution >= 0.6 is 0 Å². The van der Waals surface area contributed by atoms with E-state index in [0.717, 1.165) is 6.42 Å². The molecule has 0 aromatic rings. The first-order chi connectivity index (χ1) is 6.43. The van der Waals surface area contributed by atoms with E-state index in [0.29, 0.717) is 6.42 Å². The molecule has 0 heterocycles. The zero-order valence-corrected chi connectivity index (χ0v) is 9.30. The number of hydrogen-bond acceptors (Lipinski definition) is 3. The second-order valence-electron chi connectivity index (χ2n) is 3.09. The summed E-state index contributed by atoms with van der Waals surface area (Å²) < 4.78 is 24.7. The summed E-state index contributed by atoms with van der Waals surface area (Å²) in [6.07, 6.45) is 1.57. The van der Waals surface area contributed by atoms with Gasteiger partial charge >= 0.3 is 5.97 Å². The molecule has 1 atom stereocenters. The molecule has 5 nitrogen and oxygen atoms in total. The average molecular weight is 223 g/mol. The van der Waals surface area contributed by atoms with E-state index in [2.05, 4.69) is 4.72 Å². The van der Waals surface area contributed by atoms with Crippen LogP contribution in [-0.2, 0) is 14.8 Å². The Morgan fingerprint density at radius 3 is 2.36 bits per heavy atom. The van der Waals surface area contributed by atoms with Gasteiger partial charge in [0.2, 0.25) is 10.0 Å². The molecule has 2 N–H and O–H groups in total. The Hall–Kier alpha value is -0.620. The Kier molecular flexibility index (Phi) is 5.71. The van der Waals surface area contributed by atoms with Gasteiger partial charge in [0.25, 0.3) is 0 Å². The summed E-state index contributed by atoms with van der Waals surface area (Å²) in [4.78, 5) is 10.6.